The summed E-state index contributed by atoms with van der Waals surface area (Å²) in [5.74, 6) is 0.746. The summed E-state index contributed by atoms with van der Waals surface area (Å²) in [5.41, 5.74) is 1.09. The fraction of sp³-hybridized carbons (Fsp3) is 0.240. The van der Waals surface area contributed by atoms with Crippen LogP contribution in [0, 0.1) is 0 Å². The number of benzene rings is 3. The van der Waals surface area contributed by atoms with Crippen molar-refractivity contribution in [2.45, 2.75) is 25.3 Å². The van der Waals surface area contributed by atoms with Gasteiger partial charge >= 0.3 is 0 Å². The Kier molecular flexibility index (Phi) is 8.79. The van der Waals surface area contributed by atoms with Crippen LogP contribution in [-0.2, 0) is 21.4 Å². The molecule has 0 saturated carbocycles. The number of hydrogen-bond acceptors (Lipinski definition) is 5. The first-order valence-corrected chi connectivity index (χ1v) is 12.7. The van der Waals surface area contributed by atoms with E-state index in [2.05, 4.69) is 5.32 Å². The first-order valence-electron chi connectivity index (χ1n) is 10.8. The Labute approximate surface area is 205 Å². The molecule has 0 saturated heterocycles. The molecule has 3 rings (SSSR count). The Morgan fingerprint density at radius 3 is 2.29 bits per heavy atom. The van der Waals surface area contributed by atoms with Crippen molar-refractivity contribution in [3.05, 3.63) is 83.4 Å². The second kappa shape index (κ2) is 11.8. The molecule has 3 aromatic carbocycles. The molecule has 0 spiro atoms. The van der Waals surface area contributed by atoms with Crippen LogP contribution in [0.4, 0.5) is 5.69 Å². The fourth-order valence-electron chi connectivity index (χ4n) is 3.26. The summed E-state index contributed by atoms with van der Waals surface area (Å²) < 4.78 is 38.9. The molecule has 0 fully saturated rings. The summed E-state index contributed by atoms with van der Waals surface area (Å²) in [7, 11) is -4.00. The quantitative estimate of drug-likeness (QED) is 0.412. The van der Waals surface area contributed by atoms with Gasteiger partial charge in [-0.05, 0) is 61.9 Å². The molecule has 0 heterocycles. The summed E-state index contributed by atoms with van der Waals surface area (Å²) in [4.78, 5) is 12.9. The maximum Gasteiger partial charge on any atom is 0.264 e. The number of carbonyl (C=O) groups excluding carboxylic acids is 1. The van der Waals surface area contributed by atoms with Crippen LogP contribution in [0.2, 0.25) is 5.02 Å². The Morgan fingerprint density at radius 2 is 1.62 bits per heavy atom. The highest BCUT2D eigenvalue weighted by molar-refractivity contribution is 7.92. The van der Waals surface area contributed by atoms with Gasteiger partial charge in [0.25, 0.3) is 10.0 Å². The van der Waals surface area contributed by atoms with Gasteiger partial charge in [-0.25, -0.2) is 8.42 Å². The number of nitrogens with zero attached hydrogens (tertiary/aromatic N) is 1. The molecule has 180 valence electrons. The first-order chi connectivity index (χ1) is 16.3. The van der Waals surface area contributed by atoms with Gasteiger partial charge in [0, 0.05) is 11.6 Å². The molecule has 7 nitrogen and oxygen atoms in total. The van der Waals surface area contributed by atoms with Gasteiger partial charge in [0.1, 0.15) is 6.54 Å². The summed E-state index contributed by atoms with van der Waals surface area (Å²) in [6, 6.07) is 19.7. The van der Waals surface area contributed by atoms with Crippen molar-refractivity contribution in [1.82, 2.24) is 5.32 Å². The lowest BCUT2D eigenvalue weighted by Gasteiger charge is -2.24. The van der Waals surface area contributed by atoms with Crippen molar-refractivity contribution in [1.29, 1.82) is 0 Å². The third kappa shape index (κ3) is 6.42. The monoisotopic (exact) mass is 502 g/mol. The van der Waals surface area contributed by atoms with Crippen LogP contribution in [0.1, 0.15) is 19.4 Å². The summed E-state index contributed by atoms with van der Waals surface area (Å²) >= 11 is 6.09. The van der Waals surface area contributed by atoms with E-state index < -0.39 is 22.5 Å². The van der Waals surface area contributed by atoms with Gasteiger partial charge in [-0.15, -0.1) is 0 Å². The van der Waals surface area contributed by atoms with Gasteiger partial charge in [-0.3, -0.25) is 9.10 Å². The van der Waals surface area contributed by atoms with E-state index in [9.17, 15) is 13.2 Å². The van der Waals surface area contributed by atoms with Gasteiger partial charge in [-0.2, -0.15) is 0 Å². The number of sulfonamides is 1. The number of carbonyl (C=O) groups is 1. The van der Waals surface area contributed by atoms with Gasteiger partial charge in [-0.1, -0.05) is 41.9 Å². The largest absolute Gasteiger partial charge is 0.490 e. The number of nitrogens with one attached hydrogen (secondary N) is 1. The minimum absolute atomic E-state index is 0.0793. The van der Waals surface area contributed by atoms with Crippen molar-refractivity contribution < 1.29 is 22.7 Å². The van der Waals surface area contributed by atoms with Gasteiger partial charge in [0.2, 0.25) is 5.91 Å². The number of halogens is 1. The van der Waals surface area contributed by atoms with Crippen LogP contribution < -0.4 is 19.1 Å². The molecule has 9 heteroatoms. The second-order valence-corrected chi connectivity index (χ2v) is 9.53. The predicted molar refractivity (Wildman–Crippen MR) is 133 cm³/mol. The van der Waals surface area contributed by atoms with E-state index >= 15 is 0 Å². The number of rotatable bonds is 11. The van der Waals surface area contributed by atoms with Crippen LogP contribution >= 0.6 is 11.6 Å². The normalized spacial score (nSPS) is 11.0. The van der Waals surface area contributed by atoms with E-state index in [0.717, 1.165) is 9.87 Å². The average Bonchev–Trinajstić information content (AvgIpc) is 2.83. The van der Waals surface area contributed by atoms with Crippen molar-refractivity contribution in [2.24, 2.45) is 0 Å². The average molecular weight is 503 g/mol. The maximum atomic E-state index is 13.3. The lowest BCUT2D eigenvalue weighted by atomic mass is 10.2. The van der Waals surface area contributed by atoms with Crippen molar-refractivity contribution in [3.63, 3.8) is 0 Å². The van der Waals surface area contributed by atoms with Crippen LogP contribution in [0.15, 0.2) is 77.7 Å². The van der Waals surface area contributed by atoms with Gasteiger partial charge in [0.15, 0.2) is 11.5 Å². The smallest absolute Gasteiger partial charge is 0.264 e. The highest BCUT2D eigenvalue weighted by Gasteiger charge is 2.27. The van der Waals surface area contributed by atoms with Crippen molar-refractivity contribution in [3.8, 4) is 11.5 Å². The van der Waals surface area contributed by atoms with E-state index in [1.807, 2.05) is 19.9 Å². The molecule has 34 heavy (non-hydrogen) atoms. The summed E-state index contributed by atoms with van der Waals surface area (Å²) in [6.45, 7) is 4.53. The van der Waals surface area contributed by atoms with E-state index in [0.29, 0.717) is 35.4 Å². The maximum absolute atomic E-state index is 13.3. The van der Waals surface area contributed by atoms with E-state index in [4.69, 9.17) is 21.1 Å². The molecule has 0 aliphatic heterocycles. The molecular formula is C25H27ClN2O5S. The van der Waals surface area contributed by atoms with E-state index in [-0.39, 0.29) is 11.4 Å². The molecule has 0 radical (unpaired) electrons. The van der Waals surface area contributed by atoms with Gasteiger partial charge < -0.3 is 14.8 Å². The molecule has 1 amide bonds. The number of hydrogen-bond donors (Lipinski definition) is 1. The van der Waals surface area contributed by atoms with Crippen molar-refractivity contribution in [2.75, 3.05) is 24.1 Å². The number of ether oxygens (including phenoxy) is 2. The topological polar surface area (TPSA) is 84.9 Å². The predicted octanol–water partition coefficient (Wildman–Crippen LogP) is 4.65. The van der Waals surface area contributed by atoms with Crippen LogP contribution in [0.5, 0.6) is 11.5 Å². The fourth-order valence-corrected chi connectivity index (χ4v) is 4.88. The minimum Gasteiger partial charge on any atom is -0.490 e. The zero-order valence-electron chi connectivity index (χ0n) is 19.0. The molecule has 0 aromatic heterocycles. The second-order valence-electron chi connectivity index (χ2n) is 7.23. The van der Waals surface area contributed by atoms with Crippen LogP contribution in [0.3, 0.4) is 0 Å². The Hall–Kier alpha value is -3.23. The highest BCUT2D eigenvalue weighted by Crippen LogP contribution is 2.29. The number of amides is 1. The third-order valence-electron chi connectivity index (χ3n) is 4.81. The molecule has 0 atom stereocenters. The lowest BCUT2D eigenvalue weighted by Crippen LogP contribution is -2.40. The first kappa shape index (κ1) is 25.4. The van der Waals surface area contributed by atoms with Gasteiger partial charge in [0.05, 0.1) is 23.8 Å². The van der Waals surface area contributed by atoms with Crippen molar-refractivity contribution >= 4 is 33.2 Å². The minimum atomic E-state index is -4.00. The van der Waals surface area contributed by atoms with E-state index in [1.165, 1.54) is 18.2 Å². The summed E-state index contributed by atoms with van der Waals surface area (Å²) in [6.07, 6.45) is 0. The van der Waals surface area contributed by atoms with E-state index in [1.54, 1.807) is 48.5 Å². The Morgan fingerprint density at radius 1 is 0.912 bits per heavy atom. The molecular weight excluding hydrogens is 476 g/mol. The summed E-state index contributed by atoms with van der Waals surface area (Å²) in [5, 5.41) is 3.15. The SMILES string of the molecule is CCOc1ccc(CNC(=O)CN(c2cccc(Cl)c2)S(=O)(=O)c2ccccc2)cc1OCC. The molecule has 3 aromatic rings. The molecule has 1 N–H and O–H groups in total. The standard InChI is InChI=1S/C25H27ClN2O5S/c1-3-32-23-14-13-19(15-24(23)33-4-2)17-27-25(29)18-28(21-10-8-9-20(26)16-21)34(30,31)22-11-6-5-7-12-22/h5-16H,3-4,17-18H2,1-2H3,(H,27,29). The number of anilines is 1. The molecule has 0 bridgehead atoms. The third-order valence-corrected chi connectivity index (χ3v) is 6.84. The zero-order chi connectivity index (χ0) is 24.6. The van der Waals surface area contributed by atoms with Crippen LogP contribution in [0.25, 0.3) is 0 Å². The molecule has 0 unspecified atom stereocenters. The molecule has 0 aliphatic rings. The Bertz CT molecular complexity index is 1220. The Balaban J connectivity index is 1.79. The van der Waals surface area contributed by atoms with Crippen LogP contribution in [-0.4, -0.2) is 34.1 Å². The lowest BCUT2D eigenvalue weighted by molar-refractivity contribution is -0.119. The molecule has 0 aliphatic carbocycles. The highest BCUT2D eigenvalue weighted by atomic mass is 35.5. The zero-order valence-corrected chi connectivity index (χ0v) is 20.6.